The number of methoxy groups -OCH3 is 2. The number of nitrogens with one attached hydrogen (secondary N) is 1. The van der Waals surface area contributed by atoms with Gasteiger partial charge in [0.05, 0.1) is 20.3 Å². The number of carbonyl (C=O) groups is 1. The van der Waals surface area contributed by atoms with E-state index in [2.05, 4.69) is 16.9 Å². The van der Waals surface area contributed by atoms with Gasteiger partial charge in [-0.3, -0.25) is 4.79 Å². The summed E-state index contributed by atoms with van der Waals surface area (Å²) in [5.74, 6) is 1.48. The fourth-order valence-corrected chi connectivity index (χ4v) is 2.59. The van der Waals surface area contributed by atoms with Crippen molar-refractivity contribution in [3.8, 4) is 17.4 Å². The first-order chi connectivity index (χ1) is 13.0. The van der Waals surface area contributed by atoms with E-state index in [9.17, 15) is 4.79 Å². The molecule has 0 aliphatic rings. The van der Waals surface area contributed by atoms with Crippen molar-refractivity contribution in [1.29, 1.82) is 0 Å². The molecule has 0 fully saturated rings. The van der Waals surface area contributed by atoms with Gasteiger partial charge in [0.2, 0.25) is 5.88 Å². The number of carbonyl (C=O) groups excluding carboxylic acids is 1. The zero-order chi connectivity index (χ0) is 19.8. The molecule has 0 saturated carbocycles. The molecule has 0 radical (unpaired) electrons. The summed E-state index contributed by atoms with van der Waals surface area (Å²) in [6.07, 6.45) is 4.08. The first-order valence-corrected chi connectivity index (χ1v) is 8.74. The topological polar surface area (TPSA) is 69.7 Å². The van der Waals surface area contributed by atoms with Crippen LogP contribution < -0.4 is 19.5 Å². The van der Waals surface area contributed by atoms with Gasteiger partial charge in [0.25, 0.3) is 5.91 Å². The predicted octanol–water partition coefficient (Wildman–Crippen LogP) is 3.54. The number of benzene rings is 1. The number of amides is 1. The minimum absolute atomic E-state index is 0.0675. The molecule has 6 heteroatoms. The van der Waals surface area contributed by atoms with E-state index in [1.165, 1.54) is 0 Å². The van der Waals surface area contributed by atoms with Crippen LogP contribution in [0.4, 0.5) is 0 Å². The Labute approximate surface area is 160 Å². The lowest BCUT2D eigenvalue weighted by Gasteiger charge is -2.14. The quantitative estimate of drug-likeness (QED) is 0.684. The van der Waals surface area contributed by atoms with Crippen LogP contribution in [0.1, 0.15) is 35.3 Å². The molecular weight excluding hydrogens is 344 g/mol. The number of pyridine rings is 1. The van der Waals surface area contributed by atoms with E-state index in [1.54, 1.807) is 44.7 Å². The van der Waals surface area contributed by atoms with E-state index < -0.39 is 0 Å². The van der Waals surface area contributed by atoms with Crippen LogP contribution in [0.25, 0.3) is 0 Å². The van der Waals surface area contributed by atoms with Crippen LogP contribution in [-0.2, 0) is 13.0 Å². The Morgan fingerprint density at radius 3 is 2.59 bits per heavy atom. The number of ether oxygens (including phenoxy) is 3. The summed E-state index contributed by atoms with van der Waals surface area (Å²) in [5, 5.41) is 2.89. The van der Waals surface area contributed by atoms with E-state index in [1.807, 2.05) is 19.9 Å². The van der Waals surface area contributed by atoms with Crippen LogP contribution in [-0.4, -0.2) is 31.2 Å². The fourth-order valence-electron chi connectivity index (χ4n) is 2.59. The van der Waals surface area contributed by atoms with Crippen molar-refractivity contribution in [1.82, 2.24) is 10.3 Å². The van der Waals surface area contributed by atoms with Gasteiger partial charge in [0.1, 0.15) is 0 Å². The zero-order valence-electron chi connectivity index (χ0n) is 16.2. The molecule has 0 aliphatic heterocycles. The van der Waals surface area contributed by atoms with Gasteiger partial charge in [-0.15, -0.1) is 6.58 Å². The molecule has 1 heterocycles. The van der Waals surface area contributed by atoms with Gasteiger partial charge in [0, 0.05) is 29.9 Å². The van der Waals surface area contributed by atoms with Crippen molar-refractivity contribution in [2.75, 3.05) is 14.2 Å². The number of nitrogens with zero attached hydrogens (tertiary/aromatic N) is 1. The highest BCUT2D eigenvalue weighted by molar-refractivity contribution is 5.95. The van der Waals surface area contributed by atoms with Gasteiger partial charge < -0.3 is 19.5 Å². The Morgan fingerprint density at radius 2 is 2.04 bits per heavy atom. The van der Waals surface area contributed by atoms with Crippen molar-refractivity contribution in [2.45, 2.75) is 32.9 Å². The molecule has 0 spiro atoms. The normalized spacial score (nSPS) is 10.4. The summed E-state index contributed by atoms with van der Waals surface area (Å²) in [5.41, 5.74) is 2.22. The first-order valence-electron chi connectivity index (χ1n) is 8.74. The molecule has 1 aromatic carbocycles. The highest BCUT2D eigenvalue weighted by atomic mass is 16.5. The SMILES string of the molecule is C=CCc1cc(C(=O)NCc2ccc(OC(C)C)nc2)cc(OC)c1OC. The largest absolute Gasteiger partial charge is 0.493 e. The summed E-state index contributed by atoms with van der Waals surface area (Å²) in [6, 6.07) is 7.12. The first kappa shape index (κ1) is 20.3. The van der Waals surface area contributed by atoms with Crippen molar-refractivity contribution in [3.05, 3.63) is 59.8 Å². The smallest absolute Gasteiger partial charge is 0.251 e. The molecule has 0 saturated heterocycles. The van der Waals surface area contributed by atoms with Gasteiger partial charge in [-0.1, -0.05) is 12.1 Å². The second-order valence-electron chi connectivity index (χ2n) is 6.22. The van der Waals surface area contributed by atoms with Crippen molar-refractivity contribution in [2.24, 2.45) is 0 Å². The number of rotatable bonds is 9. The van der Waals surface area contributed by atoms with Crippen LogP contribution in [0.15, 0.2) is 43.1 Å². The van der Waals surface area contributed by atoms with Crippen LogP contribution in [0.5, 0.6) is 17.4 Å². The molecular formula is C21H26N2O4. The van der Waals surface area contributed by atoms with E-state index in [-0.39, 0.29) is 12.0 Å². The lowest BCUT2D eigenvalue weighted by molar-refractivity contribution is 0.0950. The highest BCUT2D eigenvalue weighted by Crippen LogP contribution is 2.33. The second-order valence-corrected chi connectivity index (χ2v) is 6.22. The minimum atomic E-state index is -0.205. The summed E-state index contributed by atoms with van der Waals surface area (Å²) >= 11 is 0. The second kappa shape index (κ2) is 9.62. The molecule has 144 valence electrons. The summed E-state index contributed by atoms with van der Waals surface area (Å²) in [4.78, 5) is 16.8. The molecule has 1 N–H and O–H groups in total. The molecule has 1 amide bonds. The molecule has 0 aliphatic carbocycles. The zero-order valence-corrected chi connectivity index (χ0v) is 16.2. The Balaban J connectivity index is 2.11. The Kier molecular flexibility index (Phi) is 7.23. The van der Waals surface area contributed by atoms with E-state index >= 15 is 0 Å². The van der Waals surface area contributed by atoms with Crippen molar-refractivity contribution in [3.63, 3.8) is 0 Å². The molecule has 27 heavy (non-hydrogen) atoms. The average molecular weight is 370 g/mol. The third-order valence-corrected chi connectivity index (χ3v) is 3.79. The van der Waals surface area contributed by atoms with Crippen LogP contribution >= 0.6 is 0 Å². The molecule has 2 aromatic rings. The molecule has 1 aromatic heterocycles. The van der Waals surface area contributed by atoms with Crippen molar-refractivity contribution >= 4 is 5.91 Å². The molecule has 2 rings (SSSR count). The van der Waals surface area contributed by atoms with E-state index in [0.717, 1.165) is 11.1 Å². The third-order valence-electron chi connectivity index (χ3n) is 3.79. The summed E-state index contributed by atoms with van der Waals surface area (Å²) in [6.45, 7) is 8.00. The van der Waals surface area contributed by atoms with Crippen molar-refractivity contribution < 1.29 is 19.0 Å². The monoisotopic (exact) mass is 370 g/mol. The van der Waals surface area contributed by atoms with Gasteiger partial charge >= 0.3 is 0 Å². The number of allylic oxidation sites excluding steroid dienone is 1. The number of hydrogen-bond acceptors (Lipinski definition) is 5. The number of hydrogen-bond donors (Lipinski definition) is 1. The molecule has 0 unspecified atom stereocenters. The van der Waals surface area contributed by atoms with E-state index in [0.29, 0.717) is 35.9 Å². The maximum Gasteiger partial charge on any atom is 0.251 e. The standard InChI is InChI=1S/C21H26N2O4/c1-6-7-16-10-17(11-18(25-4)20(16)26-5)21(24)23-13-15-8-9-19(22-12-15)27-14(2)3/h6,8-12,14H,1,7,13H2,2-5H3,(H,23,24). The lowest BCUT2D eigenvalue weighted by atomic mass is 10.0. The van der Waals surface area contributed by atoms with Gasteiger partial charge in [-0.2, -0.15) is 0 Å². The highest BCUT2D eigenvalue weighted by Gasteiger charge is 2.15. The maximum absolute atomic E-state index is 12.6. The van der Waals surface area contributed by atoms with Gasteiger partial charge in [-0.05, 0) is 38.0 Å². The Morgan fingerprint density at radius 1 is 1.26 bits per heavy atom. The van der Waals surface area contributed by atoms with E-state index in [4.69, 9.17) is 14.2 Å². The average Bonchev–Trinajstić information content (AvgIpc) is 2.66. The number of aromatic nitrogens is 1. The lowest BCUT2D eigenvalue weighted by Crippen LogP contribution is -2.23. The Hall–Kier alpha value is -3.02. The van der Waals surface area contributed by atoms with Gasteiger partial charge in [0.15, 0.2) is 11.5 Å². The predicted molar refractivity (Wildman–Crippen MR) is 105 cm³/mol. The third kappa shape index (κ3) is 5.48. The fraction of sp³-hybridized carbons (Fsp3) is 0.333. The molecule has 6 nitrogen and oxygen atoms in total. The molecule has 0 bridgehead atoms. The summed E-state index contributed by atoms with van der Waals surface area (Å²) < 4.78 is 16.3. The van der Waals surface area contributed by atoms with Crippen LogP contribution in [0, 0.1) is 0 Å². The molecule has 0 atom stereocenters. The minimum Gasteiger partial charge on any atom is -0.493 e. The van der Waals surface area contributed by atoms with Gasteiger partial charge in [-0.25, -0.2) is 4.98 Å². The van der Waals surface area contributed by atoms with Crippen LogP contribution in [0.2, 0.25) is 0 Å². The Bertz CT molecular complexity index is 786. The van der Waals surface area contributed by atoms with Crippen LogP contribution in [0.3, 0.4) is 0 Å². The summed E-state index contributed by atoms with van der Waals surface area (Å²) in [7, 11) is 3.12. The maximum atomic E-state index is 12.6.